The van der Waals surface area contributed by atoms with Crippen LogP contribution in [0.5, 0.6) is 0 Å². The fourth-order valence-corrected chi connectivity index (χ4v) is 6.60. The minimum Gasteiger partial charge on any atom is -0.341 e. The predicted molar refractivity (Wildman–Crippen MR) is 107 cm³/mol. The lowest BCUT2D eigenvalue weighted by molar-refractivity contribution is -0.137. The topological polar surface area (TPSA) is 20.3 Å². The number of carbonyl (C=O) groups is 1. The monoisotopic (exact) mass is 407 g/mol. The molecule has 2 aliphatic rings. The van der Waals surface area contributed by atoms with Crippen molar-refractivity contribution in [3.05, 3.63) is 57.8 Å². The fraction of sp³-hybridized carbons (Fsp3) is 0.476. The summed E-state index contributed by atoms with van der Waals surface area (Å²) < 4.78 is 27.8. The molecule has 1 aliphatic heterocycles. The largest absolute Gasteiger partial charge is 0.341 e. The van der Waals surface area contributed by atoms with Crippen molar-refractivity contribution in [2.75, 3.05) is 18.8 Å². The summed E-state index contributed by atoms with van der Waals surface area (Å²) in [4.78, 5) is 16.7. The van der Waals surface area contributed by atoms with Crippen LogP contribution >= 0.6 is 23.1 Å². The quantitative estimate of drug-likeness (QED) is 0.665. The molecule has 1 unspecified atom stereocenters. The number of halogens is 2. The SMILES string of the molecule is O=C(N1CCSC(c2cc(F)ccc2F)CC1)C1(c2cccs2)CCCC1. The van der Waals surface area contributed by atoms with Crippen LogP contribution in [0.15, 0.2) is 35.7 Å². The number of amides is 1. The second kappa shape index (κ2) is 7.92. The molecule has 0 N–H and O–H groups in total. The van der Waals surface area contributed by atoms with Gasteiger partial charge in [0.1, 0.15) is 11.6 Å². The van der Waals surface area contributed by atoms with E-state index >= 15 is 0 Å². The van der Waals surface area contributed by atoms with E-state index in [0.717, 1.165) is 37.5 Å². The Kier molecular flexibility index (Phi) is 5.55. The third kappa shape index (κ3) is 3.66. The molecule has 4 rings (SSSR count). The van der Waals surface area contributed by atoms with E-state index in [4.69, 9.17) is 0 Å². The Hall–Kier alpha value is -1.40. The average Bonchev–Trinajstić information content (AvgIpc) is 3.32. The number of benzene rings is 1. The molecule has 27 heavy (non-hydrogen) atoms. The van der Waals surface area contributed by atoms with Gasteiger partial charge >= 0.3 is 0 Å². The van der Waals surface area contributed by atoms with Crippen molar-refractivity contribution < 1.29 is 13.6 Å². The van der Waals surface area contributed by atoms with Crippen molar-refractivity contribution >= 4 is 29.0 Å². The van der Waals surface area contributed by atoms with Crippen molar-refractivity contribution in [3.63, 3.8) is 0 Å². The van der Waals surface area contributed by atoms with Crippen molar-refractivity contribution in [1.29, 1.82) is 0 Å². The van der Waals surface area contributed by atoms with Gasteiger partial charge in [0.2, 0.25) is 5.91 Å². The summed E-state index contributed by atoms with van der Waals surface area (Å²) in [6.07, 6.45) is 4.65. The van der Waals surface area contributed by atoms with Gasteiger partial charge in [0.15, 0.2) is 0 Å². The first-order valence-corrected chi connectivity index (χ1v) is 11.4. The molecule has 6 heteroatoms. The van der Waals surface area contributed by atoms with Gasteiger partial charge in [0, 0.05) is 34.5 Å². The maximum Gasteiger partial charge on any atom is 0.234 e. The molecule has 1 aliphatic carbocycles. The van der Waals surface area contributed by atoms with Crippen molar-refractivity contribution in [1.82, 2.24) is 4.90 Å². The Morgan fingerprint density at radius 2 is 1.96 bits per heavy atom. The normalized spacial score (nSPS) is 22.6. The standard InChI is InChI=1S/C21H23F2NOS2/c22-15-5-6-17(23)16(14-15)18-7-10-24(11-13-26-18)20(25)21(8-1-2-9-21)19-4-3-12-27-19/h3-6,12,14,18H,1-2,7-11,13H2. The summed E-state index contributed by atoms with van der Waals surface area (Å²) in [7, 11) is 0. The van der Waals surface area contributed by atoms with E-state index in [0.29, 0.717) is 25.1 Å². The van der Waals surface area contributed by atoms with Crippen molar-refractivity contribution in [2.24, 2.45) is 0 Å². The lowest BCUT2D eigenvalue weighted by atomic mass is 9.82. The molecule has 0 bridgehead atoms. The molecule has 1 aromatic heterocycles. The number of hydrogen-bond acceptors (Lipinski definition) is 3. The molecule has 1 amide bonds. The number of nitrogens with zero attached hydrogens (tertiary/aromatic N) is 1. The summed E-state index contributed by atoms with van der Waals surface area (Å²) in [6, 6.07) is 7.76. The summed E-state index contributed by atoms with van der Waals surface area (Å²) in [5, 5.41) is 1.93. The Labute approximate surface area is 167 Å². The highest BCUT2D eigenvalue weighted by Gasteiger charge is 2.46. The van der Waals surface area contributed by atoms with Gasteiger partial charge in [0.25, 0.3) is 0 Å². The molecular formula is C21H23F2NOS2. The van der Waals surface area contributed by atoms with Crippen molar-refractivity contribution in [3.8, 4) is 0 Å². The van der Waals surface area contributed by atoms with E-state index in [1.165, 1.54) is 17.0 Å². The number of thiophene rings is 1. The van der Waals surface area contributed by atoms with Crippen LogP contribution < -0.4 is 0 Å². The lowest BCUT2D eigenvalue weighted by Crippen LogP contribution is -2.46. The molecule has 0 radical (unpaired) electrons. The summed E-state index contributed by atoms with van der Waals surface area (Å²) in [6.45, 7) is 1.27. The van der Waals surface area contributed by atoms with Crippen LogP contribution in [-0.2, 0) is 10.2 Å². The number of thioether (sulfide) groups is 1. The van der Waals surface area contributed by atoms with E-state index in [2.05, 4.69) is 6.07 Å². The first-order valence-electron chi connectivity index (χ1n) is 9.50. The molecular weight excluding hydrogens is 384 g/mol. The first kappa shape index (κ1) is 18.9. The van der Waals surface area contributed by atoms with Crippen LogP contribution in [0.2, 0.25) is 0 Å². The average molecular weight is 408 g/mol. The first-order chi connectivity index (χ1) is 13.1. The Bertz CT molecular complexity index is 803. The van der Waals surface area contributed by atoms with Gasteiger partial charge in [-0.15, -0.1) is 11.3 Å². The zero-order valence-corrected chi connectivity index (χ0v) is 16.8. The Morgan fingerprint density at radius 3 is 2.70 bits per heavy atom. The highest BCUT2D eigenvalue weighted by atomic mass is 32.2. The highest BCUT2D eigenvalue weighted by Crippen LogP contribution is 2.45. The molecule has 1 saturated heterocycles. The van der Waals surface area contributed by atoms with Crippen LogP contribution in [-0.4, -0.2) is 29.6 Å². The second-order valence-electron chi connectivity index (χ2n) is 7.37. The zero-order valence-electron chi connectivity index (χ0n) is 15.1. The third-order valence-corrected chi connectivity index (χ3v) is 8.18. The van der Waals surface area contributed by atoms with E-state index < -0.39 is 5.82 Å². The number of carbonyl (C=O) groups excluding carboxylic acids is 1. The van der Waals surface area contributed by atoms with Gasteiger partial charge in [-0.1, -0.05) is 18.9 Å². The van der Waals surface area contributed by atoms with Crippen LogP contribution in [0.1, 0.15) is 47.8 Å². The minimum atomic E-state index is -0.410. The molecule has 2 nitrogen and oxygen atoms in total. The van der Waals surface area contributed by atoms with Gasteiger partial charge in [0.05, 0.1) is 5.41 Å². The molecule has 2 fully saturated rings. The maximum atomic E-state index is 14.2. The van der Waals surface area contributed by atoms with Gasteiger partial charge in [-0.25, -0.2) is 8.78 Å². The van der Waals surface area contributed by atoms with E-state index in [9.17, 15) is 13.6 Å². The highest BCUT2D eigenvalue weighted by molar-refractivity contribution is 7.99. The fourth-order valence-electron chi connectivity index (χ4n) is 4.38. The predicted octanol–water partition coefficient (Wildman–Crippen LogP) is 5.54. The van der Waals surface area contributed by atoms with Gasteiger partial charge < -0.3 is 4.90 Å². The molecule has 2 aromatic rings. The molecule has 2 heterocycles. The van der Waals surface area contributed by atoms with E-state index in [-0.39, 0.29) is 22.4 Å². The summed E-state index contributed by atoms with van der Waals surface area (Å²) in [5.74, 6) is 0.196. The smallest absolute Gasteiger partial charge is 0.234 e. The molecule has 1 saturated carbocycles. The Balaban J connectivity index is 1.52. The zero-order chi connectivity index (χ0) is 18.9. The number of rotatable bonds is 3. The van der Waals surface area contributed by atoms with Crippen LogP contribution in [0.25, 0.3) is 0 Å². The van der Waals surface area contributed by atoms with Crippen LogP contribution in [0, 0.1) is 11.6 Å². The summed E-state index contributed by atoms with van der Waals surface area (Å²) >= 11 is 3.30. The molecule has 1 aromatic carbocycles. The van der Waals surface area contributed by atoms with Crippen LogP contribution in [0.4, 0.5) is 8.78 Å². The number of hydrogen-bond donors (Lipinski definition) is 0. The maximum absolute atomic E-state index is 14.2. The van der Waals surface area contributed by atoms with Crippen molar-refractivity contribution in [2.45, 2.75) is 42.8 Å². The second-order valence-corrected chi connectivity index (χ2v) is 9.63. The summed E-state index contributed by atoms with van der Waals surface area (Å²) in [5.41, 5.74) is 0.0473. The van der Waals surface area contributed by atoms with Crippen LogP contribution in [0.3, 0.4) is 0 Å². The Morgan fingerprint density at radius 1 is 1.15 bits per heavy atom. The van der Waals surface area contributed by atoms with Gasteiger partial charge in [-0.05, 0) is 48.9 Å². The minimum absolute atomic E-state index is 0.111. The molecule has 0 spiro atoms. The molecule has 1 atom stereocenters. The molecule has 144 valence electrons. The third-order valence-electron chi connectivity index (χ3n) is 5.79. The van der Waals surface area contributed by atoms with Gasteiger partial charge in [-0.3, -0.25) is 4.79 Å². The van der Waals surface area contributed by atoms with E-state index in [1.54, 1.807) is 23.1 Å². The van der Waals surface area contributed by atoms with Gasteiger partial charge in [-0.2, -0.15) is 11.8 Å². The van der Waals surface area contributed by atoms with E-state index in [1.807, 2.05) is 16.3 Å². The lowest BCUT2D eigenvalue weighted by Gasteiger charge is -2.33.